The van der Waals surface area contributed by atoms with Crippen molar-refractivity contribution in [3.05, 3.63) is 23.8 Å². The summed E-state index contributed by atoms with van der Waals surface area (Å²) in [5, 5.41) is 3.53. The Balaban J connectivity index is 1.61. The SMILES string of the molecule is Cc1cc(N2CCCC2)ccc1NCC1CCCO1. The smallest absolute Gasteiger partial charge is 0.0748 e. The molecule has 1 aromatic rings. The molecule has 2 saturated heterocycles. The minimum Gasteiger partial charge on any atom is -0.382 e. The van der Waals surface area contributed by atoms with Crippen LogP contribution in [0.15, 0.2) is 18.2 Å². The van der Waals surface area contributed by atoms with Crippen molar-refractivity contribution in [3.63, 3.8) is 0 Å². The summed E-state index contributed by atoms with van der Waals surface area (Å²) in [4.78, 5) is 2.48. The van der Waals surface area contributed by atoms with Crippen LogP contribution < -0.4 is 10.2 Å². The van der Waals surface area contributed by atoms with E-state index in [9.17, 15) is 0 Å². The number of hydrogen-bond donors (Lipinski definition) is 1. The molecule has 19 heavy (non-hydrogen) atoms. The maximum absolute atomic E-state index is 5.65. The molecule has 3 rings (SSSR count). The quantitative estimate of drug-likeness (QED) is 0.900. The molecule has 0 amide bonds. The molecule has 104 valence electrons. The molecule has 0 bridgehead atoms. The molecule has 3 heteroatoms. The van der Waals surface area contributed by atoms with Crippen LogP contribution in [0.2, 0.25) is 0 Å². The van der Waals surface area contributed by atoms with Crippen molar-refractivity contribution in [3.8, 4) is 0 Å². The number of nitrogens with zero attached hydrogens (tertiary/aromatic N) is 1. The highest BCUT2D eigenvalue weighted by Crippen LogP contribution is 2.25. The predicted octanol–water partition coefficient (Wildman–Crippen LogP) is 3.19. The molecule has 2 fully saturated rings. The lowest BCUT2D eigenvalue weighted by atomic mass is 10.1. The van der Waals surface area contributed by atoms with Gasteiger partial charge in [0.1, 0.15) is 0 Å². The third-order valence-electron chi connectivity index (χ3n) is 4.23. The van der Waals surface area contributed by atoms with Crippen LogP contribution in [0.4, 0.5) is 11.4 Å². The first-order valence-electron chi connectivity index (χ1n) is 7.54. The zero-order valence-electron chi connectivity index (χ0n) is 11.8. The van der Waals surface area contributed by atoms with E-state index in [1.165, 1.54) is 55.7 Å². The zero-order chi connectivity index (χ0) is 13.1. The minimum atomic E-state index is 0.401. The molecule has 0 spiro atoms. The maximum Gasteiger partial charge on any atom is 0.0748 e. The lowest BCUT2D eigenvalue weighted by Crippen LogP contribution is -2.20. The Bertz CT molecular complexity index is 421. The largest absolute Gasteiger partial charge is 0.382 e. The number of nitrogens with one attached hydrogen (secondary N) is 1. The van der Waals surface area contributed by atoms with E-state index in [1.54, 1.807) is 0 Å². The topological polar surface area (TPSA) is 24.5 Å². The normalized spacial score (nSPS) is 23.0. The zero-order valence-corrected chi connectivity index (χ0v) is 11.8. The van der Waals surface area contributed by atoms with Crippen LogP contribution in [-0.2, 0) is 4.74 Å². The summed E-state index contributed by atoms with van der Waals surface area (Å²) in [5.74, 6) is 0. The second kappa shape index (κ2) is 5.83. The van der Waals surface area contributed by atoms with Gasteiger partial charge in [-0.25, -0.2) is 0 Å². The van der Waals surface area contributed by atoms with Gasteiger partial charge in [-0.05, 0) is 56.4 Å². The molecule has 0 aliphatic carbocycles. The van der Waals surface area contributed by atoms with Crippen molar-refractivity contribution in [2.24, 2.45) is 0 Å². The van der Waals surface area contributed by atoms with Crippen molar-refractivity contribution in [2.75, 3.05) is 36.5 Å². The monoisotopic (exact) mass is 260 g/mol. The molecule has 0 aromatic heterocycles. The van der Waals surface area contributed by atoms with Crippen LogP contribution in [0.1, 0.15) is 31.2 Å². The molecule has 3 nitrogen and oxygen atoms in total. The fourth-order valence-electron chi connectivity index (χ4n) is 3.05. The van der Waals surface area contributed by atoms with Crippen molar-refractivity contribution < 1.29 is 4.74 Å². The highest BCUT2D eigenvalue weighted by Gasteiger charge is 2.16. The number of rotatable bonds is 4. The molecule has 2 heterocycles. The van der Waals surface area contributed by atoms with Gasteiger partial charge in [-0.15, -0.1) is 0 Å². The summed E-state index contributed by atoms with van der Waals surface area (Å²) in [7, 11) is 0. The van der Waals surface area contributed by atoms with Gasteiger partial charge >= 0.3 is 0 Å². The van der Waals surface area contributed by atoms with Crippen LogP contribution in [0.5, 0.6) is 0 Å². The Labute approximate surface area is 115 Å². The van der Waals surface area contributed by atoms with E-state index >= 15 is 0 Å². The average Bonchev–Trinajstić information content (AvgIpc) is 3.10. The molecular weight excluding hydrogens is 236 g/mol. The number of ether oxygens (including phenoxy) is 1. The Hall–Kier alpha value is -1.22. The fraction of sp³-hybridized carbons (Fsp3) is 0.625. The Morgan fingerprint density at radius 1 is 1.26 bits per heavy atom. The summed E-state index contributed by atoms with van der Waals surface area (Å²) >= 11 is 0. The van der Waals surface area contributed by atoms with Gasteiger partial charge in [0.2, 0.25) is 0 Å². The highest BCUT2D eigenvalue weighted by molar-refractivity contribution is 5.60. The number of anilines is 2. The van der Waals surface area contributed by atoms with E-state index in [-0.39, 0.29) is 0 Å². The summed E-state index contributed by atoms with van der Waals surface area (Å²) in [6, 6.07) is 6.78. The van der Waals surface area contributed by atoms with E-state index in [2.05, 4.69) is 35.3 Å². The Morgan fingerprint density at radius 3 is 2.79 bits per heavy atom. The molecule has 0 radical (unpaired) electrons. The third-order valence-corrected chi connectivity index (χ3v) is 4.23. The molecule has 2 aliphatic heterocycles. The second-order valence-corrected chi connectivity index (χ2v) is 5.71. The van der Waals surface area contributed by atoms with Crippen LogP contribution in [-0.4, -0.2) is 32.3 Å². The summed E-state index contributed by atoms with van der Waals surface area (Å²) < 4.78 is 5.65. The second-order valence-electron chi connectivity index (χ2n) is 5.71. The van der Waals surface area contributed by atoms with E-state index in [0.717, 1.165) is 13.2 Å². The van der Waals surface area contributed by atoms with Gasteiger partial charge in [0.15, 0.2) is 0 Å². The summed E-state index contributed by atoms with van der Waals surface area (Å²) in [5.41, 5.74) is 3.96. The van der Waals surface area contributed by atoms with Gasteiger partial charge in [0.25, 0.3) is 0 Å². The average molecular weight is 260 g/mol. The van der Waals surface area contributed by atoms with Crippen molar-refractivity contribution in [1.29, 1.82) is 0 Å². The van der Waals surface area contributed by atoms with Gasteiger partial charge in [-0.1, -0.05) is 0 Å². The molecular formula is C16H24N2O. The van der Waals surface area contributed by atoms with Gasteiger partial charge < -0.3 is 15.0 Å². The van der Waals surface area contributed by atoms with Gasteiger partial charge in [-0.3, -0.25) is 0 Å². The molecule has 1 N–H and O–H groups in total. The Kier molecular flexibility index (Phi) is 3.92. The Morgan fingerprint density at radius 2 is 2.11 bits per heavy atom. The van der Waals surface area contributed by atoms with Crippen LogP contribution >= 0.6 is 0 Å². The first kappa shape index (κ1) is 12.8. The van der Waals surface area contributed by atoms with Gasteiger partial charge in [0.05, 0.1) is 6.10 Å². The summed E-state index contributed by atoms with van der Waals surface area (Å²) in [6.07, 6.45) is 5.46. The van der Waals surface area contributed by atoms with Crippen molar-refractivity contribution in [2.45, 2.75) is 38.7 Å². The van der Waals surface area contributed by atoms with E-state index in [1.807, 2.05) is 0 Å². The first-order valence-corrected chi connectivity index (χ1v) is 7.54. The van der Waals surface area contributed by atoms with Crippen molar-refractivity contribution in [1.82, 2.24) is 0 Å². The first-order chi connectivity index (χ1) is 9.33. The summed E-state index contributed by atoms with van der Waals surface area (Å²) in [6.45, 7) is 6.48. The van der Waals surface area contributed by atoms with E-state index in [4.69, 9.17) is 4.74 Å². The predicted molar refractivity (Wildman–Crippen MR) is 80.1 cm³/mol. The fourth-order valence-corrected chi connectivity index (χ4v) is 3.05. The number of aryl methyl sites for hydroxylation is 1. The lowest BCUT2D eigenvalue weighted by Gasteiger charge is -2.20. The van der Waals surface area contributed by atoms with Crippen LogP contribution in [0, 0.1) is 6.92 Å². The van der Waals surface area contributed by atoms with Gasteiger partial charge in [0, 0.05) is 37.6 Å². The molecule has 2 aliphatic rings. The molecule has 1 unspecified atom stereocenters. The van der Waals surface area contributed by atoms with Crippen LogP contribution in [0.25, 0.3) is 0 Å². The van der Waals surface area contributed by atoms with E-state index < -0.39 is 0 Å². The van der Waals surface area contributed by atoms with Gasteiger partial charge in [-0.2, -0.15) is 0 Å². The lowest BCUT2D eigenvalue weighted by molar-refractivity contribution is 0.120. The minimum absolute atomic E-state index is 0.401. The molecule has 1 atom stereocenters. The standard InChI is InChI=1S/C16H24N2O/c1-13-11-14(18-8-2-3-9-18)6-7-16(13)17-12-15-5-4-10-19-15/h6-7,11,15,17H,2-5,8-10,12H2,1H3. The maximum atomic E-state index is 5.65. The van der Waals surface area contributed by atoms with E-state index in [0.29, 0.717) is 6.10 Å². The molecule has 1 aromatic carbocycles. The number of benzene rings is 1. The highest BCUT2D eigenvalue weighted by atomic mass is 16.5. The van der Waals surface area contributed by atoms with Crippen LogP contribution in [0.3, 0.4) is 0 Å². The van der Waals surface area contributed by atoms with Crippen molar-refractivity contribution >= 4 is 11.4 Å². The molecule has 0 saturated carbocycles. The third kappa shape index (κ3) is 3.03. The number of hydrogen-bond acceptors (Lipinski definition) is 3.